The zero-order valence-corrected chi connectivity index (χ0v) is 11.0. The van der Waals surface area contributed by atoms with E-state index >= 15 is 0 Å². The average molecular weight is 288 g/mol. The topological polar surface area (TPSA) is 54.9 Å². The Morgan fingerprint density at radius 3 is 2.82 bits per heavy atom. The van der Waals surface area contributed by atoms with Crippen LogP contribution in [-0.2, 0) is 0 Å². The van der Waals surface area contributed by atoms with Gasteiger partial charge in [-0.2, -0.15) is 0 Å². The molecule has 1 N–H and O–H groups in total. The van der Waals surface area contributed by atoms with Crippen molar-refractivity contribution in [2.75, 3.05) is 5.32 Å². The summed E-state index contributed by atoms with van der Waals surface area (Å²) in [4.78, 5) is 20.1. The van der Waals surface area contributed by atoms with Crippen LogP contribution in [0.15, 0.2) is 17.8 Å². The number of rotatable bonds is 2. The molecule has 4 nitrogen and oxygen atoms in total. The van der Waals surface area contributed by atoms with E-state index < -0.39 is 0 Å². The lowest BCUT2D eigenvalue weighted by Crippen LogP contribution is -2.13. The Morgan fingerprint density at radius 1 is 1.41 bits per heavy atom. The van der Waals surface area contributed by atoms with E-state index in [2.05, 4.69) is 15.3 Å². The Bertz CT molecular complexity index is 570. The molecule has 7 heteroatoms. The van der Waals surface area contributed by atoms with Crippen LogP contribution in [0, 0.1) is 6.92 Å². The van der Waals surface area contributed by atoms with Crippen LogP contribution in [0.25, 0.3) is 0 Å². The van der Waals surface area contributed by atoms with E-state index in [1.165, 1.54) is 17.7 Å². The van der Waals surface area contributed by atoms with E-state index in [-0.39, 0.29) is 21.9 Å². The van der Waals surface area contributed by atoms with Crippen molar-refractivity contribution >= 4 is 46.3 Å². The maximum absolute atomic E-state index is 11.9. The van der Waals surface area contributed by atoms with Crippen molar-refractivity contribution in [3.05, 3.63) is 38.4 Å². The number of aromatic nitrogens is 2. The molecule has 0 aliphatic rings. The zero-order chi connectivity index (χ0) is 12.4. The molecular formula is C10H7Cl2N3OS. The maximum atomic E-state index is 11.9. The van der Waals surface area contributed by atoms with Crippen LogP contribution >= 0.6 is 34.5 Å². The first-order valence-electron chi connectivity index (χ1n) is 4.61. The summed E-state index contributed by atoms with van der Waals surface area (Å²) in [6.07, 6.45) is 1.24. The lowest BCUT2D eigenvalue weighted by Gasteiger charge is -2.05. The van der Waals surface area contributed by atoms with E-state index in [1.807, 2.05) is 18.4 Å². The van der Waals surface area contributed by atoms with Gasteiger partial charge in [-0.05, 0) is 23.9 Å². The number of halogens is 2. The van der Waals surface area contributed by atoms with Gasteiger partial charge in [0.25, 0.3) is 5.91 Å². The van der Waals surface area contributed by atoms with Gasteiger partial charge in [-0.15, -0.1) is 11.3 Å². The van der Waals surface area contributed by atoms with Crippen LogP contribution in [0.3, 0.4) is 0 Å². The number of anilines is 1. The number of thiophene rings is 1. The van der Waals surface area contributed by atoms with Gasteiger partial charge in [-0.25, -0.2) is 9.97 Å². The predicted molar refractivity (Wildman–Crippen MR) is 69.1 cm³/mol. The number of aryl methyl sites for hydroxylation is 1. The number of carbonyl (C=O) groups is 1. The fraction of sp³-hybridized carbons (Fsp3) is 0.100. The standard InChI is InChI=1S/C10H7Cl2N3OS/c1-5-2-3-17-7(5)10(16)15-9-6(11)8(12)13-4-14-9/h2-4H,1H3,(H,13,14,15,16). The summed E-state index contributed by atoms with van der Waals surface area (Å²) >= 11 is 12.9. The van der Waals surface area contributed by atoms with Gasteiger partial charge < -0.3 is 5.32 Å². The number of nitrogens with one attached hydrogen (secondary N) is 1. The molecule has 2 aromatic rings. The summed E-state index contributed by atoms with van der Waals surface area (Å²) in [6, 6.07) is 1.87. The molecular weight excluding hydrogens is 281 g/mol. The smallest absolute Gasteiger partial charge is 0.267 e. The number of carbonyl (C=O) groups excluding carboxylic acids is 1. The van der Waals surface area contributed by atoms with E-state index in [0.717, 1.165) is 5.56 Å². The number of amides is 1. The van der Waals surface area contributed by atoms with Gasteiger partial charge in [-0.3, -0.25) is 4.79 Å². The maximum Gasteiger partial charge on any atom is 0.267 e. The predicted octanol–water partition coefficient (Wildman–Crippen LogP) is 3.41. The summed E-state index contributed by atoms with van der Waals surface area (Å²) in [7, 11) is 0. The lowest BCUT2D eigenvalue weighted by molar-refractivity contribution is 0.102. The molecule has 17 heavy (non-hydrogen) atoms. The molecule has 0 aliphatic heterocycles. The highest BCUT2D eigenvalue weighted by atomic mass is 35.5. The lowest BCUT2D eigenvalue weighted by atomic mass is 10.3. The molecule has 0 saturated heterocycles. The molecule has 0 bridgehead atoms. The van der Waals surface area contributed by atoms with Gasteiger partial charge in [0, 0.05) is 0 Å². The summed E-state index contributed by atoms with van der Waals surface area (Å²) in [6.45, 7) is 1.86. The molecule has 2 aromatic heterocycles. The molecule has 0 aliphatic carbocycles. The van der Waals surface area contributed by atoms with Gasteiger partial charge >= 0.3 is 0 Å². The Balaban J connectivity index is 2.25. The van der Waals surface area contributed by atoms with Crippen LogP contribution in [-0.4, -0.2) is 15.9 Å². The first-order chi connectivity index (χ1) is 8.09. The van der Waals surface area contributed by atoms with Crippen molar-refractivity contribution in [3.8, 4) is 0 Å². The molecule has 0 radical (unpaired) electrons. The Kier molecular flexibility index (Phi) is 3.61. The monoisotopic (exact) mass is 287 g/mol. The average Bonchev–Trinajstić information content (AvgIpc) is 2.71. The fourth-order valence-corrected chi connectivity index (χ4v) is 2.30. The summed E-state index contributed by atoms with van der Waals surface area (Å²) in [5.74, 6) is -0.0429. The molecule has 0 saturated carbocycles. The molecule has 88 valence electrons. The van der Waals surface area contributed by atoms with Crippen LogP contribution < -0.4 is 5.32 Å². The fourth-order valence-electron chi connectivity index (χ4n) is 1.21. The highest BCUT2D eigenvalue weighted by molar-refractivity contribution is 7.12. The SMILES string of the molecule is Cc1ccsc1C(=O)Nc1ncnc(Cl)c1Cl. The Morgan fingerprint density at radius 2 is 2.18 bits per heavy atom. The van der Waals surface area contributed by atoms with Crippen molar-refractivity contribution in [1.82, 2.24) is 9.97 Å². The second-order valence-electron chi connectivity index (χ2n) is 3.21. The van der Waals surface area contributed by atoms with E-state index in [4.69, 9.17) is 23.2 Å². The summed E-state index contributed by atoms with van der Waals surface area (Å²) in [5.41, 5.74) is 0.906. The van der Waals surface area contributed by atoms with Crippen LogP contribution in [0.5, 0.6) is 0 Å². The van der Waals surface area contributed by atoms with Crippen LogP contribution in [0.4, 0.5) is 5.82 Å². The first kappa shape index (κ1) is 12.3. The molecule has 0 spiro atoms. The Labute approximate surface area is 112 Å². The second kappa shape index (κ2) is 5.00. The highest BCUT2D eigenvalue weighted by Crippen LogP contribution is 2.26. The van der Waals surface area contributed by atoms with Gasteiger partial charge in [-0.1, -0.05) is 23.2 Å². The van der Waals surface area contributed by atoms with Crippen molar-refractivity contribution in [2.45, 2.75) is 6.92 Å². The molecule has 0 atom stereocenters. The van der Waals surface area contributed by atoms with Gasteiger partial charge in [0.05, 0.1) is 4.88 Å². The minimum absolute atomic E-state index is 0.111. The minimum atomic E-state index is -0.255. The van der Waals surface area contributed by atoms with Crippen LogP contribution in [0.2, 0.25) is 10.2 Å². The number of hydrogen-bond acceptors (Lipinski definition) is 4. The molecule has 2 rings (SSSR count). The molecule has 2 heterocycles. The van der Waals surface area contributed by atoms with Gasteiger partial charge in [0.1, 0.15) is 11.3 Å². The van der Waals surface area contributed by atoms with Crippen molar-refractivity contribution in [1.29, 1.82) is 0 Å². The molecule has 0 unspecified atom stereocenters. The zero-order valence-electron chi connectivity index (χ0n) is 8.70. The second-order valence-corrected chi connectivity index (χ2v) is 4.87. The molecule has 0 aromatic carbocycles. The highest BCUT2D eigenvalue weighted by Gasteiger charge is 2.14. The normalized spacial score (nSPS) is 10.3. The molecule has 1 amide bonds. The van der Waals surface area contributed by atoms with Crippen LogP contribution in [0.1, 0.15) is 15.2 Å². The van der Waals surface area contributed by atoms with Crippen molar-refractivity contribution in [3.63, 3.8) is 0 Å². The quantitative estimate of drug-likeness (QED) is 0.862. The third kappa shape index (κ3) is 2.57. The Hall–Kier alpha value is -1.17. The minimum Gasteiger partial charge on any atom is -0.304 e. The summed E-state index contributed by atoms with van der Waals surface area (Å²) < 4.78 is 0. The van der Waals surface area contributed by atoms with Gasteiger partial charge in [0.15, 0.2) is 11.0 Å². The molecule has 0 fully saturated rings. The first-order valence-corrected chi connectivity index (χ1v) is 6.24. The van der Waals surface area contributed by atoms with Gasteiger partial charge in [0.2, 0.25) is 0 Å². The van der Waals surface area contributed by atoms with E-state index in [0.29, 0.717) is 4.88 Å². The van der Waals surface area contributed by atoms with Crippen molar-refractivity contribution in [2.24, 2.45) is 0 Å². The summed E-state index contributed by atoms with van der Waals surface area (Å²) in [5, 5.41) is 4.69. The number of hydrogen-bond donors (Lipinski definition) is 1. The number of nitrogens with zero attached hydrogens (tertiary/aromatic N) is 2. The van der Waals surface area contributed by atoms with Crippen molar-refractivity contribution < 1.29 is 4.79 Å². The third-order valence-electron chi connectivity index (χ3n) is 2.05. The third-order valence-corrected chi connectivity index (χ3v) is 3.80. The largest absolute Gasteiger partial charge is 0.304 e. The van der Waals surface area contributed by atoms with E-state index in [1.54, 1.807) is 0 Å². The van der Waals surface area contributed by atoms with E-state index in [9.17, 15) is 4.79 Å².